The van der Waals surface area contributed by atoms with Gasteiger partial charge in [-0.05, 0) is 47.9 Å². The molecular weight excluding hydrogens is 488 g/mol. The van der Waals surface area contributed by atoms with Gasteiger partial charge >= 0.3 is 6.09 Å². The maximum absolute atomic E-state index is 13.3. The van der Waals surface area contributed by atoms with E-state index in [0.29, 0.717) is 19.3 Å². The third-order valence-corrected chi connectivity index (χ3v) is 6.69. The van der Waals surface area contributed by atoms with Crippen LogP contribution in [-0.4, -0.2) is 59.9 Å². The smallest absolute Gasteiger partial charge is 0.405 e. The number of carbonyl (C=O) groups excluding carboxylic acids is 4. The molecule has 3 rings (SSSR count). The molecule has 0 saturated carbocycles. The number of benzene rings is 2. The Hall–Kier alpha value is -3.95. The third kappa shape index (κ3) is 8.03. The Balaban J connectivity index is 1.74. The van der Waals surface area contributed by atoms with E-state index in [0.717, 1.165) is 22.8 Å². The van der Waals surface area contributed by atoms with Crippen LogP contribution in [0.25, 0.3) is 10.8 Å². The molecule has 38 heavy (non-hydrogen) atoms. The van der Waals surface area contributed by atoms with Crippen LogP contribution in [0.15, 0.2) is 42.5 Å². The third-order valence-electron chi connectivity index (χ3n) is 6.69. The molecular formula is C28H36N4O6. The second kappa shape index (κ2) is 13.6. The highest BCUT2D eigenvalue weighted by Crippen LogP contribution is 2.20. The maximum atomic E-state index is 13.3. The zero-order valence-corrected chi connectivity index (χ0v) is 21.7. The van der Waals surface area contributed by atoms with Crippen LogP contribution < -0.4 is 21.3 Å². The van der Waals surface area contributed by atoms with Gasteiger partial charge in [0.25, 0.3) is 0 Å². The van der Waals surface area contributed by atoms with Gasteiger partial charge in [-0.15, -0.1) is 0 Å². The number of hydrogen-bond donors (Lipinski definition) is 5. The van der Waals surface area contributed by atoms with Crippen molar-refractivity contribution >= 4 is 40.9 Å². The molecule has 204 valence electrons. The minimum Gasteiger partial charge on any atom is -0.465 e. The van der Waals surface area contributed by atoms with E-state index >= 15 is 0 Å². The highest BCUT2D eigenvalue weighted by Gasteiger charge is 2.31. The van der Waals surface area contributed by atoms with Crippen molar-refractivity contribution in [3.8, 4) is 0 Å². The summed E-state index contributed by atoms with van der Waals surface area (Å²) in [6.45, 7) is 4.37. The second-order valence-electron chi connectivity index (χ2n) is 10.2. The fourth-order valence-corrected chi connectivity index (χ4v) is 4.82. The van der Waals surface area contributed by atoms with Gasteiger partial charge in [0.15, 0.2) is 0 Å². The molecule has 1 saturated heterocycles. The Morgan fingerprint density at radius 2 is 1.74 bits per heavy atom. The van der Waals surface area contributed by atoms with E-state index in [2.05, 4.69) is 21.3 Å². The number of amides is 4. The molecule has 1 aliphatic rings. The SMILES string of the molecule is CC(C)C[C@H](NC(=O)[C@@H](Cc1cccc2ccccc12)NC(=O)O)C(=O)N[C@H](C=O)C[C@@H]1CCCNC1=O. The number of carbonyl (C=O) groups is 5. The number of piperidine rings is 1. The van der Waals surface area contributed by atoms with Crippen LogP contribution in [0.3, 0.4) is 0 Å². The number of aldehydes is 1. The highest BCUT2D eigenvalue weighted by molar-refractivity contribution is 5.93. The lowest BCUT2D eigenvalue weighted by atomic mass is 9.91. The topological polar surface area (TPSA) is 154 Å². The summed E-state index contributed by atoms with van der Waals surface area (Å²) in [5.41, 5.74) is 0.786. The summed E-state index contributed by atoms with van der Waals surface area (Å²) in [5.74, 6) is -1.69. The molecule has 10 nitrogen and oxygen atoms in total. The molecule has 2 aromatic carbocycles. The first-order chi connectivity index (χ1) is 18.2. The lowest BCUT2D eigenvalue weighted by molar-refractivity contribution is -0.132. The minimum absolute atomic E-state index is 0.0220. The highest BCUT2D eigenvalue weighted by atomic mass is 16.4. The average molecular weight is 525 g/mol. The number of rotatable bonds is 12. The lowest BCUT2D eigenvalue weighted by Crippen LogP contribution is -2.56. The van der Waals surface area contributed by atoms with Gasteiger partial charge < -0.3 is 31.2 Å². The van der Waals surface area contributed by atoms with Gasteiger partial charge in [0.1, 0.15) is 18.4 Å². The average Bonchev–Trinajstić information content (AvgIpc) is 2.88. The van der Waals surface area contributed by atoms with Crippen LogP contribution >= 0.6 is 0 Å². The molecule has 0 bridgehead atoms. The predicted molar refractivity (Wildman–Crippen MR) is 142 cm³/mol. The second-order valence-corrected chi connectivity index (χ2v) is 10.2. The van der Waals surface area contributed by atoms with Crippen molar-refractivity contribution in [1.82, 2.24) is 21.3 Å². The Morgan fingerprint density at radius 3 is 2.42 bits per heavy atom. The zero-order chi connectivity index (χ0) is 27.7. The molecule has 4 atom stereocenters. The summed E-state index contributed by atoms with van der Waals surface area (Å²) in [5, 5.41) is 21.7. The van der Waals surface area contributed by atoms with Crippen molar-refractivity contribution in [1.29, 1.82) is 0 Å². The fraction of sp³-hybridized carbons (Fsp3) is 0.464. The van der Waals surface area contributed by atoms with Gasteiger partial charge in [-0.2, -0.15) is 0 Å². The summed E-state index contributed by atoms with van der Waals surface area (Å²) in [6, 6.07) is 10.2. The molecule has 5 N–H and O–H groups in total. The van der Waals surface area contributed by atoms with E-state index in [1.54, 1.807) is 0 Å². The first-order valence-electron chi connectivity index (χ1n) is 13.0. The minimum atomic E-state index is -1.36. The summed E-state index contributed by atoms with van der Waals surface area (Å²) in [4.78, 5) is 61.8. The van der Waals surface area contributed by atoms with E-state index in [4.69, 9.17) is 0 Å². The first kappa shape index (κ1) is 28.6. The van der Waals surface area contributed by atoms with Crippen LogP contribution in [0.2, 0.25) is 0 Å². The number of nitrogens with one attached hydrogen (secondary N) is 4. The van der Waals surface area contributed by atoms with Crippen LogP contribution in [0.1, 0.15) is 45.1 Å². The van der Waals surface area contributed by atoms with Crippen molar-refractivity contribution < 1.29 is 29.1 Å². The van der Waals surface area contributed by atoms with E-state index in [1.807, 2.05) is 56.3 Å². The van der Waals surface area contributed by atoms with Crippen LogP contribution in [-0.2, 0) is 25.6 Å². The number of carboxylic acid groups (broad SMARTS) is 1. The Bertz CT molecular complexity index is 1160. The monoisotopic (exact) mass is 524 g/mol. The molecule has 1 heterocycles. The van der Waals surface area contributed by atoms with Gasteiger partial charge in [0, 0.05) is 18.9 Å². The van der Waals surface area contributed by atoms with Crippen LogP contribution in [0.4, 0.5) is 4.79 Å². The molecule has 0 radical (unpaired) electrons. The standard InChI is InChI=1S/C28H36N4O6/c1-17(2)13-23(26(35)30-21(16-33)14-20-10-6-12-29-25(20)34)31-27(36)24(32-28(37)38)15-19-9-5-8-18-7-3-4-11-22(18)19/h3-5,7-9,11,16-17,20-21,23-24,32H,6,10,12-15H2,1-2H3,(H,29,34)(H,30,35)(H,31,36)(H,37,38)/t20-,21-,23-,24+/m0/s1. The molecule has 0 aliphatic carbocycles. The quantitative estimate of drug-likeness (QED) is 0.268. The molecule has 2 aromatic rings. The number of fused-ring (bicyclic) bond motifs is 1. The van der Waals surface area contributed by atoms with Gasteiger partial charge in [-0.25, -0.2) is 4.79 Å². The molecule has 1 aliphatic heterocycles. The van der Waals surface area contributed by atoms with Gasteiger partial charge in [0.2, 0.25) is 17.7 Å². The normalized spacial score (nSPS) is 17.7. The number of hydrogen-bond acceptors (Lipinski definition) is 5. The van der Waals surface area contributed by atoms with Crippen molar-refractivity contribution in [3.05, 3.63) is 48.0 Å². The summed E-state index contributed by atoms with van der Waals surface area (Å²) < 4.78 is 0. The molecule has 0 unspecified atom stereocenters. The fourth-order valence-electron chi connectivity index (χ4n) is 4.82. The largest absolute Gasteiger partial charge is 0.465 e. The van der Waals surface area contributed by atoms with E-state index in [1.165, 1.54) is 0 Å². The van der Waals surface area contributed by atoms with E-state index in [9.17, 15) is 29.1 Å². The molecule has 1 fully saturated rings. The van der Waals surface area contributed by atoms with Gasteiger partial charge in [-0.3, -0.25) is 14.4 Å². The van der Waals surface area contributed by atoms with Crippen molar-refractivity contribution in [3.63, 3.8) is 0 Å². The van der Waals surface area contributed by atoms with Crippen LogP contribution in [0.5, 0.6) is 0 Å². The summed E-state index contributed by atoms with van der Waals surface area (Å²) in [7, 11) is 0. The Morgan fingerprint density at radius 1 is 1.03 bits per heavy atom. The van der Waals surface area contributed by atoms with Crippen molar-refractivity contribution in [2.24, 2.45) is 11.8 Å². The van der Waals surface area contributed by atoms with E-state index < -0.39 is 36.0 Å². The maximum Gasteiger partial charge on any atom is 0.405 e. The molecule has 0 aromatic heterocycles. The predicted octanol–water partition coefficient (Wildman–Crippen LogP) is 2.15. The molecule has 10 heteroatoms. The lowest BCUT2D eigenvalue weighted by Gasteiger charge is -2.27. The summed E-state index contributed by atoms with van der Waals surface area (Å²) in [6.07, 6.45) is 1.22. The van der Waals surface area contributed by atoms with Crippen molar-refractivity contribution in [2.45, 2.75) is 64.1 Å². The first-order valence-corrected chi connectivity index (χ1v) is 13.0. The molecule has 0 spiro atoms. The van der Waals surface area contributed by atoms with Crippen LogP contribution in [0, 0.1) is 11.8 Å². The zero-order valence-electron chi connectivity index (χ0n) is 21.7. The molecule has 4 amide bonds. The summed E-state index contributed by atoms with van der Waals surface area (Å²) >= 11 is 0. The van der Waals surface area contributed by atoms with Crippen molar-refractivity contribution in [2.75, 3.05) is 6.54 Å². The van der Waals surface area contributed by atoms with Gasteiger partial charge in [0.05, 0.1) is 6.04 Å². The van der Waals surface area contributed by atoms with E-state index in [-0.39, 0.29) is 37.0 Å². The van der Waals surface area contributed by atoms with Gasteiger partial charge in [-0.1, -0.05) is 56.3 Å². The Kier molecular flexibility index (Phi) is 10.2. The Labute approximate surface area is 221 Å².